The molecule has 4 nitrogen and oxygen atoms in total. The first-order valence-corrected chi connectivity index (χ1v) is 11.4. The summed E-state index contributed by atoms with van der Waals surface area (Å²) in [5.74, 6) is 0.202. The van der Waals surface area contributed by atoms with Crippen molar-refractivity contribution in [3.05, 3.63) is 89.5 Å². The van der Waals surface area contributed by atoms with E-state index in [1.807, 2.05) is 80.6 Å². The quantitative estimate of drug-likeness (QED) is 0.444. The first-order valence-electron chi connectivity index (χ1n) is 10.5. The van der Waals surface area contributed by atoms with Gasteiger partial charge in [0.05, 0.1) is 0 Å². The van der Waals surface area contributed by atoms with Crippen LogP contribution in [0, 0.1) is 19.8 Å². The molecule has 0 bridgehead atoms. The summed E-state index contributed by atoms with van der Waals surface area (Å²) in [6.45, 7) is 4.05. The fraction of sp³-hybridized carbons (Fsp3) is 0.231. The van der Waals surface area contributed by atoms with E-state index in [4.69, 9.17) is 0 Å². The third-order valence-corrected chi connectivity index (χ3v) is 6.42. The molecular weight excluding hydrogens is 404 g/mol. The van der Waals surface area contributed by atoms with Gasteiger partial charge in [0.25, 0.3) is 0 Å². The van der Waals surface area contributed by atoms with Crippen molar-refractivity contribution in [1.29, 1.82) is 0 Å². The number of anilines is 2. The normalized spacial score (nSPS) is 14.0. The van der Waals surface area contributed by atoms with Gasteiger partial charge in [-0.2, -0.15) is 0 Å². The molecule has 2 amide bonds. The summed E-state index contributed by atoms with van der Waals surface area (Å²) in [7, 11) is 0. The van der Waals surface area contributed by atoms with Gasteiger partial charge in [-0.15, -0.1) is 11.8 Å². The van der Waals surface area contributed by atoms with Gasteiger partial charge < -0.3 is 10.6 Å². The SMILES string of the molecule is Cc1cc(C)cc(NC(=O)C(Sc2ccc(NC(=O)C3CC3)cc2)c2ccccc2)c1. The lowest BCUT2D eigenvalue weighted by molar-refractivity contribution is -0.117. The van der Waals surface area contributed by atoms with E-state index >= 15 is 0 Å². The van der Waals surface area contributed by atoms with Crippen molar-refractivity contribution in [1.82, 2.24) is 0 Å². The number of aryl methyl sites for hydroxylation is 2. The number of nitrogens with one attached hydrogen (secondary N) is 2. The lowest BCUT2D eigenvalue weighted by Gasteiger charge is -2.18. The Bertz CT molecular complexity index is 1060. The Labute approximate surface area is 187 Å². The molecule has 0 radical (unpaired) electrons. The van der Waals surface area contributed by atoms with Gasteiger partial charge in [-0.25, -0.2) is 0 Å². The molecule has 0 heterocycles. The van der Waals surface area contributed by atoms with Gasteiger partial charge in [-0.3, -0.25) is 9.59 Å². The average Bonchev–Trinajstić information content (AvgIpc) is 3.58. The monoisotopic (exact) mass is 430 g/mol. The molecule has 1 unspecified atom stereocenters. The van der Waals surface area contributed by atoms with Gasteiger partial charge in [0.1, 0.15) is 5.25 Å². The summed E-state index contributed by atoms with van der Waals surface area (Å²) in [4.78, 5) is 26.2. The van der Waals surface area contributed by atoms with E-state index in [2.05, 4.69) is 16.7 Å². The van der Waals surface area contributed by atoms with E-state index in [1.54, 1.807) is 0 Å². The number of carbonyl (C=O) groups excluding carboxylic acids is 2. The van der Waals surface area contributed by atoms with E-state index in [0.717, 1.165) is 45.8 Å². The van der Waals surface area contributed by atoms with E-state index in [0.29, 0.717) is 0 Å². The number of thioether (sulfide) groups is 1. The van der Waals surface area contributed by atoms with E-state index in [1.165, 1.54) is 11.8 Å². The van der Waals surface area contributed by atoms with Gasteiger partial charge >= 0.3 is 0 Å². The molecule has 31 heavy (non-hydrogen) atoms. The lowest BCUT2D eigenvalue weighted by atomic mass is 10.1. The van der Waals surface area contributed by atoms with Crippen molar-refractivity contribution in [3.8, 4) is 0 Å². The van der Waals surface area contributed by atoms with Crippen molar-refractivity contribution < 1.29 is 9.59 Å². The highest BCUT2D eigenvalue weighted by Crippen LogP contribution is 2.37. The number of carbonyl (C=O) groups is 2. The van der Waals surface area contributed by atoms with E-state index < -0.39 is 5.25 Å². The number of amides is 2. The van der Waals surface area contributed by atoms with Crippen molar-refractivity contribution in [3.63, 3.8) is 0 Å². The molecule has 1 aliphatic rings. The Kier molecular flexibility index (Phi) is 6.42. The minimum absolute atomic E-state index is 0.0627. The van der Waals surface area contributed by atoms with Crippen LogP contribution >= 0.6 is 11.8 Å². The minimum Gasteiger partial charge on any atom is -0.326 e. The molecule has 1 saturated carbocycles. The van der Waals surface area contributed by atoms with Crippen molar-refractivity contribution >= 4 is 35.0 Å². The largest absolute Gasteiger partial charge is 0.326 e. The first-order chi connectivity index (χ1) is 15.0. The maximum atomic E-state index is 13.2. The molecule has 158 valence electrons. The summed E-state index contributed by atoms with van der Waals surface area (Å²) in [5.41, 5.74) is 4.77. The Morgan fingerprint density at radius 2 is 1.48 bits per heavy atom. The summed E-state index contributed by atoms with van der Waals surface area (Å²) < 4.78 is 0. The van der Waals surface area contributed by atoms with Crippen LogP contribution < -0.4 is 10.6 Å². The van der Waals surface area contributed by atoms with Crippen LogP contribution in [0.4, 0.5) is 11.4 Å². The predicted molar refractivity (Wildman–Crippen MR) is 127 cm³/mol. The number of rotatable bonds is 7. The summed E-state index contributed by atoms with van der Waals surface area (Å²) in [5, 5.41) is 5.64. The molecule has 1 fully saturated rings. The minimum atomic E-state index is -0.395. The maximum Gasteiger partial charge on any atom is 0.242 e. The lowest BCUT2D eigenvalue weighted by Crippen LogP contribution is -2.19. The molecule has 3 aromatic carbocycles. The molecular formula is C26H26N2O2S. The van der Waals surface area contributed by atoms with Gasteiger partial charge in [-0.05, 0) is 79.8 Å². The van der Waals surface area contributed by atoms with Crippen molar-refractivity contribution in [2.45, 2.75) is 36.8 Å². The molecule has 0 aliphatic heterocycles. The molecule has 4 rings (SSSR count). The van der Waals surface area contributed by atoms with E-state index in [9.17, 15) is 9.59 Å². The topological polar surface area (TPSA) is 58.2 Å². The van der Waals surface area contributed by atoms with Crippen LogP contribution in [-0.2, 0) is 9.59 Å². The highest BCUT2D eigenvalue weighted by atomic mass is 32.2. The third kappa shape index (κ3) is 5.76. The molecule has 0 saturated heterocycles. The molecule has 0 aromatic heterocycles. The van der Waals surface area contributed by atoms with Crippen LogP contribution in [0.3, 0.4) is 0 Å². The van der Waals surface area contributed by atoms with E-state index in [-0.39, 0.29) is 17.7 Å². The van der Waals surface area contributed by atoms with Crippen molar-refractivity contribution in [2.75, 3.05) is 10.6 Å². The zero-order chi connectivity index (χ0) is 21.8. The third-order valence-electron chi connectivity index (χ3n) is 5.15. The van der Waals surface area contributed by atoms with Crippen LogP contribution in [0.2, 0.25) is 0 Å². The average molecular weight is 431 g/mol. The molecule has 0 spiro atoms. The van der Waals surface area contributed by atoms with Crippen molar-refractivity contribution in [2.24, 2.45) is 5.92 Å². The van der Waals surface area contributed by atoms with Gasteiger partial charge in [0.15, 0.2) is 0 Å². The Morgan fingerprint density at radius 1 is 0.839 bits per heavy atom. The number of benzene rings is 3. The summed E-state index contributed by atoms with van der Waals surface area (Å²) in [6, 6.07) is 23.5. The Morgan fingerprint density at radius 3 is 2.10 bits per heavy atom. The van der Waals surface area contributed by atoms with Crippen LogP contribution in [0.15, 0.2) is 77.7 Å². The van der Waals surface area contributed by atoms with Crippen LogP contribution in [0.1, 0.15) is 34.8 Å². The highest BCUT2D eigenvalue weighted by molar-refractivity contribution is 8.00. The number of hydrogen-bond donors (Lipinski definition) is 2. The second kappa shape index (κ2) is 9.40. The van der Waals surface area contributed by atoms with Crippen LogP contribution in [0.5, 0.6) is 0 Å². The summed E-state index contributed by atoms with van der Waals surface area (Å²) >= 11 is 1.50. The zero-order valence-corrected chi connectivity index (χ0v) is 18.5. The Hall–Kier alpha value is -3.05. The molecule has 2 N–H and O–H groups in total. The smallest absolute Gasteiger partial charge is 0.242 e. The second-order valence-corrected chi connectivity index (χ2v) is 9.24. The highest BCUT2D eigenvalue weighted by Gasteiger charge is 2.29. The Balaban J connectivity index is 1.51. The molecule has 3 aromatic rings. The molecule has 1 atom stereocenters. The zero-order valence-electron chi connectivity index (χ0n) is 17.7. The molecule has 5 heteroatoms. The first kappa shape index (κ1) is 21.2. The van der Waals surface area contributed by atoms with Crippen LogP contribution in [0.25, 0.3) is 0 Å². The fourth-order valence-electron chi connectivity index (χ4n) is 3.50. The summed E-state index contributed by atoms with van der Waals surface area (Å²) in [6.07, 6.45) is 1.96. The van der Waals surface area contributed by atoms with Crippen LogP contribution in [-0.4, -0.2) is 11.8 Å². The van der Waals surface area contributed by atoms with Gasteiger partial charge in [-0.1, -0.05) is 36.4 Å². The fourth-order valence-corrected chi connectivity index (χ4v) is 4.52. The second-order valence-electron chi connectivity index (χ2n) is 8.06. The van der Waals surface area contributed by atoms with Gasteiger partial charge in [0.2, 0.25) is 11.8 Å². The number of hydrogen-bond acceptors (Lipinski definition) is 3. The van der Waals surface area contributed by atoms with Gasteiger partial charge in [0, 0.05) is 22.2 Å². The molecule has 1 aliphatic carbocycles. The predicted octanol–water partition coefficient (Wildman–Crippen LogP) is 6.12. The maximum absolute atomic E-state index is 13.2. The standard InChI is InChI=1S/C26H26N2O2S/c1-17-14-18(2)16-22(15-17)28-26(30)24(19-6-4-3-5-7-19)31-23-12-10-21(11-13-23)27-25(29)20-8-9-20/h3-7,10-16,20,24H,8-9H2,1-2H3,(H,27,29)(H,28,30).